The van der Waals surface area contributed by atoms with Crippen LogP contribution in [0, 0.1) is 6.92 Å². The van der Waals surface area contributed by atoms with Crippen LogP contribution in [0.5, 0.6) is 0 Å². The van der Waals surface area contributed by atoms with E-state index in [4.69, 9.17) is 11.6 Å². The molecule has 0 spiro atoms. The van der Waals surface area contributed by atoms with Crippen LogP contribution in [0.1, 0.15) is 49.8 Å². The molecule has 0 atom stereocenters. The number of benzene rings is 1. The minimum atomic E-state index is 0.499. The number of nitrogens with zero attached hydrogens (tertiary/aromatic N) is 2. The topological polar surface area (TPSA) is 49.8 Å². The number of halogens is 1. The molecule has 1 aliphatic carbocycles. The van der Waals surface area contributed by atoms with E-state index in [-0.39, 0.29) is 0 Å². The summed E-state index contributed by atoms with van der Waals surface area (Å²) in [6, 6.07) is 10.3. The lowest BCUT2D eigenvalue weighted by Crippen LogP contribution is -2.20. The lowest BCUT2D eigenvalue weighted by atomic mass is 10.1. The molecule has 4 nitrogen and oxygen atoms in total. The van der Waals surface area contributed by atoms with Crippen LogP contribution in [0.15, 0.2) is 30.3 Å². The molecule has 1 fully saturated rings. The van der Waals surface area contributed by atoms with Crippen molar-refractivity contribution < 1.29 is 0 Å². The molecule has 0 bridgehead atoms. The molecule has 24 heavy (non-hydrogen) atoms. The number of aromatic nitrogens is 2. The summed E-state index contributed by atoms with van der Waals surface area (Å²) in [5.74, 6) is 1.59. The third-order valence-corrected chi connectivity index (χ3v) is 4.68. The van der Waals surface area contributed by atoms with E-state index < -0.39 is 0 Å². The molecule has 0 radical (unpaired) electrons. The molecule has 2 N–H and O–H groups in total. The van der Waals surface area contributed by atoms with E-state index in [0.29, 0.717) is 6.04 Å². The molecule has 5 heteroatoms. The summed E-state index contributed by atoms with van der Waals surface area (Å²) < 4.78 is 0. The van der Waals surface area contributed by atoms with Gasteiger partial charge >= 0.3 is 0 Å². The van der Waals surface area contributed by atoms with Crippen molar-refractivity contribution in [3.05, 3.63) is 46.6 Å². The largest absolute Gasteiger partial charge is 0.366 e. The van der Waals surface area contributed by atoms with E-state index in [9.17, 15) is 0 Å². The Labute approximate surface area is 149 Å². The second kappa shape index (κ2) is 8.34. The fourth-order valence-corrected chi connectivity index (χ4v) is 3.25. The lowest BCUT2D eigenvalue weighted by molar-refractivity contribution is 0.614. The molecule has 0 amide bonds. The zero-order valence-electron chi connectivity index (χ0n) is 14.2. The smallest absolute Gasteiger partial charge is 0.225 e. The summed E-state index contributed by atoms with van der Waals surface area (Å²) in [4.78, 5) is 9.18. The van der Waals surface area contributed by atoms with Gasteiger partial charge in [0, 0.05) is 29.4 Å². The van der Waals surface area contributed by atoms with Crippen molar-refractivity contribution in [2.45, 2.75) is 58.0 Å². The van der Waals surface area contributed by atoms with Gasteiger partial charge in [-0.3, -0.25) is 0 Å². The normalized spacial score (nSPS) is 15.8. The summed E-state index contributed by atoms with van der Waals surface area (Å²) in [5, 5.41) is 7.66. The predicted molar refractivity (Wildman–Crippen MR) is 101 cm³/mol. The number of anilines is 2. The van der Waals surface area contributed by atoms with E-state index in [0.717, 1.165) is 29.0 Å². The van der Waals surface area contributed by atoms with E-state index in [1.807, 2.05) is 37.3 Å². The third-order valence-electron chi connectivity index (χ3n) is 4.43. The molecule has 0 saturated heterocycles. The van der Waals surface area contributed by atoms with Crippen LogP contribution in [-0.4, -0.2) is 16.0 Å². The highest BCUT2D eigenvalue weighted by Crippen LogP contribution is 2.21. The molecule has 3 rings (SSSR count). The SMILES string of the molecule is Cc1cc(NCc2ccc(Cl)cc2)nc(NC2CCCCCC2)n1. The van der Waals surface area contributed by atoms with Gasteiger partial charge in [0.25, 0.3) is 0 Å². The second-order valence-corrected chi connectivity index (χ2v) is 6.97. The van der Waals surface area contributed by atoms with Crippen LogP contribution in [0.25, 0.3) is 0 Å². The average molecular weight is 345 g/mol. The van der Waals surface area contributed by atoms with Gasteiger partial charge in [-0.05, 0) is 37.5 Å². The molecule has 1 saturated carbocycles. The Hall–Kier alpha value is -1.81. The number of hydrogen-bond acceptors (Lipinski definition) is 4. The van der Waals surface area contributed by atoms with E-state index in [1.54, 1.807) is 0 Å². The first-order valence-electron chi connectivity index (χ1n) is 8.79. The predicted octanol–water partition coefficient (Wildman–Crippen LogP) is 5.19. The lowest BCUT2D eigenvalue weighted by Gasteiger charge is -2.17. The summed E-state index contributed by atoms with van der Waals surface area (Å²) in [6.07, 6.45) is 7.72. The van der Waals surface area contributed by atoms with Crippen molar-refractivity contribution in [3.8, 4) is 0 Å². The molecule has 0 aliphatic heterocycles. The Bertz CT molecular complexity index is 649. The molecule has 1 heterocycles. The maximum absolute atomic E-state index is 5.93. The Balaban J connectivity index is 1.63. The number of nitrogens with one attached hydrogen (secondary N) is 2. The zero-order chi connectivity index (χ0) is 16.8. The highest BCUT2D eigenvalue weighted by molar-refractivity contribution is 6.30. The van der Waals surface area contributed by atoms with Crippen LogP contribution in [-0.2, 0) is 6.54 Å². The van der Waals surface area contributed by atoms with E-state index in [2.05, 4.69) is 20.6 Å². The van der Waals surface area contributed by atoms with Crippen LogP contribution in [0.3, 0.4) is 0 Å². The number of hydrogen-bond donors (Lipinski definition) is 2. The maximum atomic E-state index is 5.93. The van der Waals surface area contributed by atoms with Crippen molar-refractivity contribution in [1.29, 1.82) is 0 Å². The van der Waals surface area contributed by atoms with Gasteiger partial charge in [-0.2, -0.15) is 4.98 Å². The summed E-state index contributed by atoms with van der Waals surface area (Å²) in [5.41, 5.74) is 2.15. The monoisotopic (exact) mass is 344 g/mol. The molecule has 1 aromatic heterocycles. The van der Waals surface area contributed by atoms with Crippen molar-refractivity contribution in [2.24, 2.45) is 0 Å². The minimum Gasteiger partial charge on any atom is -0.366 e. The second-order valence-electron chi connectivity index (χ2n) is 6.53. The van der Waals surface area contributed by atoms with Gasteiger partial charge in [0.15, 0.2) is 0 Å². The van der Waals surface area contributed by atoms with Gasteiger partial charge in [0.2, 0.25) is 5.95 Å². The quantitative estimate of drug-likeness (QED) is 0.733. The van der Waals surface area contributed by atoms with Gasteiger partial charge < -0.3 is 10.6 Å². The maximum Gasteiger partial charge on any atom is 0.225 e. The fraction of sp³-hybridized carbons (Fsp3) is 0.474. The highest BCUT2D eigenvalue weighted by Gasteiger charge is 2.13. The van der Waals surface area contributed by atoms with Crippen LogP contribution >= 0.6 is 11.6 Å². The van der Waals surface area contributed by atoms with Gasteiger partial charge in [-0.15, -0.1) is 0 Å². The van der Waals surface area contributed by atoms with Crippen LogP contribution < -0.4 is 10.6 Å². The Morgan fingerprint density at radius 2 is 1.75 bits per heavy atom. The zero-order valence-corrected chi connectivity index (χ0v) is 14.9. The highest BCUT2D eigenvalue weighted by atomic mass is 35.5. The molecular weight excluding hydrogens is 320 g/mol. The first-order chi connectivity index (χ1) is 11.7. The fourth-order valence-electron chi connectivity index (χ4n) is 3.12. The Kier molecular flexibility index (Phi) is 5.91. The van der Waals surface area contributed by atoms with Gasteiger partial charge in [0.05, 0.1) is 0 Å². The van der Waals surface area contributed by atoms with E-state index in [1.165, 1.54) is 44.1 Å². The Morgan fingerprint density at radius 3 is 2.46 bits per heavy atom. The standard InChI is InChI=1S/C19H25ClN4/c1-14-12-18(21-13-15-8-10-16(20)11-9-15)24-19(22-14)23-17-6-4-2-3-5-7-17/h8-12,17H,2-7,13H2,1H3,(H2,21,22,23,24). The van der Waals surface area contributed by atoms with Crippen LogP contribution in [0.4, 0.5) is 11.8 Å². The van der Waals surface area contributed by atoms with Gasteiger partial charge in [0.1, 0.15) is 5.82 Å². The number of aryl methyl sites for hydroxylation is 1. The van der Waals surface area contributed by atoms with Crippen molar-refractivity contribution in [2.75, 3.05) is 10.6 Å². The summed E-state index contributed by atoms with van der Waals surface area (Å²) in [7, 11) is 0. The third kappa shape index (κ3) is 5.10. The minimum absolute atomic E-state index is 0.499. The van der Waals surface area contributed by atoms with E-state index >= 15 is 0 Å². The molecule has 1 aliphatic rings. The van der Waals surface area contributed by atoms with Gasteiger partial charge in [-0.1, -0.05) is 49.4 Å². The molecular formula is C19H25ClN4. The first kappa shape index (κ1) is 17.0. The van der Waals surface area contributed by atoms with Gasteiger partial charge in [-0.25, -0.2) is 4.98 Å². The summed E-state index contributed by atoms with van der Waals surface area (Å²) in [6.45, 7) is 2.73. The molecule has 128 valence electrons. The van der Waals surface area contributed by atoms with Crippen molar-refractivity contribution >= 4 is 23.4 Å². The van der Waals surface area contributed by atoms with Crippen molar-refractivity contribution in [3.63, 3.8) is 0 Å². The first-order valence-corrected chi connectivity index (χ1v) is 9.17. The van der Waals surface area contributed by atoms with Crippen molar-refractivity contribution in [1.82, 2.24) is 9.97 Å². The molecule has 1 aromatic carbocycles. The Morgan fingerprint density at radius 1 is 1.04 bits per heavy atom. The van der Waals surface area contributed by atoms with Crippen LogP contribution in [0.2, 0.25) is 5.02 Å². The number of rotatable bonds is 5. The average Bonchev–Trinajstić information content (AvgIpc) is 2.82. The summed E-state index contributed by atoms with van der Waals surface area (Å²) >= 11 is 5.93. The molecule has 2 aromatic rings. The molecule has 0 unspecified atom stereocenters.